The van der Waals surface area contributed by atoms with Crippen LogP contribution in [0.25, 0.3) is 0 Å². The Morgan fingerprint density at radius 2 is 1.90 bits per heavy atom. The fraction of sp³-hybridized carbons (Fsp3) is 0.188. The topological polar surface area (TPSA) is 29.1 Å². The molecule has 1 heterocycles. The van der Waals surface area contributed by atoms with E-state index >= 15 is 0 Å². The predicted molar refractivity (Wildman–Crippen MR) is 82.7 cm³/mol. The highest BCUT2D eigenvalue weighted by Crippen LogP contribution is 2.40. The van der Waals surface area contributed by atoms with Crippen LogP contribution < -0.4 is 5.32 Å². The standard InChI is InChI=1S/C16H13Cl2NO/c1-9-2-5-15-13(6-9)12(8-16(20)19-15)11-4-3-10(17)7-14(11)18/h2-7,12H,8H2,1H3,(H,19,20)/t12-/m0/s1. The maximum atomic E-state index is 11.9. The second-order valence-electron chi connectivity index (χ2n) is 5.06. The smallest absolute Gasteiger partial charge is 0.225 e. The summed E-state index contributed by atoms with van der Waals surface area (Å²) in [4.78, 5) is 11.9. The number of carbonyl (C=O) groups excluding carboxylic acids is 1. The Labute approximate surface area is 127 Å². The maximum Gasteiger partial charge on any atom is 0.225 e. The molecule has 2 nitrogen and oxygen atoms in total. The molecule has 0 aromatic heterocycles. The van der Waals surface area contributed by atoms with Gasteiger partial charge in [0.25, 0.3) is 0 Å². The molecule has 0 saturated heterocycles. The van der Waals surface area contributed by atoms with E-state index in [0.717, 1.165) is 22.4 Å². The van der Waals surface area contributed by atoms with Gasteiger partial charge in [0.15, 0.2) is 0 Å². The van der Waals surface area contributed by atoms with E-state index < -0.39 is 0 Å². The second-order valence-corrected chi connectivity index (χ2v) is 5.91. The Morgan fingerprint density at radius 1 is 1.10 bits per heavy atom. The molecular formula is C16H13Cl2NO. The van der Waals surface area contributed by atoms with Gasteiger partial charge in [-0.2, -0.15) is 0 Å². The van der Waals surface area contributed by atoms with Crippen LogP contribution >= 0.6 is 23.2 Å². The summed E-state index contributed by atoms with van der Waals surface area (Å²) in [5, 5.41) is 4.11. The molecule has 3 rings (SSSR count). The predicted octanol–water partition coefficient (Wildman–Crippen LogP) is 4.78. The molecule has 4 heteroatoms. The van der Waals surface area contributed by atoms with Crippen LogP contribution in [0.4, 0.5) is 5.69 Å². The second kappa shape index (κ2) is 5.12. The van der Waals surface area contributed by atoms with Crippen molar-refractivity contribution in [2.75, 3.05) is 5.32 Å². The van der Waals surface area contributed by atoms with E-state index in [0.29, 0.717) is 16.5 Å². The minimum absolute atomic E-state index is 0.0115. The van der Waals surface area contributed by atoms with Crippen LogP contribution in [0.5, 0.6) is 0 Å². The molecule has 0 aliphatic carbocycles. The lowest BCUT2D eigenvalue weighted by atomic mass is 9.84. The largest absolute Gasteiger partial charge is 0.326 e. The van der Waals surface area contributed by atoms with Gasteiger partial charge in [0, 0.05) is 28.1 Å². The lowest BCUT2D eigenvalue weighted by Crippen LogP contribution is -2.23. The number of rotatable bonds is 1. The van der Waals surface area contributed by atoms with Crippen molar-refractivity contribution in [3.63, 3.8) is 0 Å². The molecule has 102 valence electrons. The quantitative estimate of drug-likeness (QED) is 0.807. The van der Waals surface area contributed by atoms with Crippen LogP contribution in [0.3, 0.4) is 0 Å². The highest BCUT2D eigenvalue weighted by molar-refractivity contribution is 6.35. The monoisotopic (exact) mass is 305 g/mol. The van der Waals surface area contributed by atoms with E-state index in [1.807, 2.05) is 31.2 Å². The number of nitrogens with one attached hydrogen (secondary N) is 1. The van der Waals surface area contributed by atoms with Crippen molar-refractivity contribution in [2.24, 2.45) is 0 Å². The third-order valence-corrected chi connectivity index (χ3v) is 4.15. The minimum Gasteiger partial charge on any atom is -0.326 e. The van der Waals surface area contributed by atoms with E-state index in [4.69, 9.17) is 23.2 Å². The summed E-state index contributed by atoms with van der Waals surface area (Å²) in [5.41, 5.74) is 4.07. The number of aryl methyl sites for hydroxylation is 1. The van der Waals surface area contributed by atoms with E-state index in [1.165, 1.54) is 0 Å². The van der Waals surface area contributed by atoms with Crippen molar-refractivity contribution in [2.45, 2.75) is 19.3 Å². The third kappa shape index (κ3) is 2.41. The molecular weight excluding hydrogens is 293 g/mol. The molecule has 0 spiro atoms. The third-order valence-electron chi connectivity index (χ3n) is 3.58. The summed E-state index contributed by atoms with van der Waals surface area (Å²) in [6, 6.07) is 11.5. The first-order valence-corrected chi connectivity index (χ1v) is 7.15. The van der Waals surface area contributed by atoms with Crippen LogP contribution in [0.15, 0.2) is 36.4 Å². The number of halogens is 2. The highest BCUT2D eigenvalue weighted by Gasteiger charge is 2.27. The van der Waals surface area contributed by atoms with Crippen molar-refractivity contribution in [1.29, 1.82) is 0 Å². The molecule has 1 aliphatic rings. The number of hydrogen-bond donors (Lipinski definition) is 1. The molecule has 20 heavy (non-hydrogen) atoms. The number of amides is 1. The number of hydrogen-bond acceptors (Lipinski definition) is 1. The van der Waals surface area contributed by atoms with Crippen molar-refractivity contribution >= 4 is 34.8 Å². The Balaban J connectivity index is 2.14. The molecule has 1 N–H and O–H groups in total. The number of anilines is 1. The normalized spacial score (nSPS) is 17.6. The van der Waals surface area contributed by atoms with E-state index in [9.17, 15) is 4.79 Å². The molecule has 0 saturated carbocycles. The summed E-state index contributed by atoms with van der Waals surface area (Å²) in [6.45, 7) is 2.04. The first kappa shape index (κ1) is 13.5. The molecule has 2 aromatic rings. The molecule has 0 radical (unpaired) electrons. The van der Waals surface area contributed by atoms with Crippen LogP contribution in [0.2, 0.25) is 10.0 Å². The van der Waals surface area contributed by atoms with Crippen molar-refractivity contribution in [1.82, 2.24) is 0 Å². The summed E-state index contributed by atoms with van der Waals surface area (Å²) in [6.07, 6.45) is 0.401. The van der Waals surface area contributed by atoms with Gasteiger partial charge in [-0.25, -0.2) is 0 Å². The lowest BCUT2D eigenvalue weighted by Gasteiger charge is -2.27. The first-order chi connectivity index (χ1) is 9.54. The first-order valence-electron chi connectivity index (χ1n) is 6.40. The van der Waals surface area contributed by atoms with Gasteiger partial charge in [-0.15, -0.1) is 0 Å². The molecule has 1 atom stereocenters. The average Bonchev–Trinajstić information content (AvgIpc) is 2.39. The van der Waals surface area contributed by atoms with Gasteiger partial charge in [0.1, 0.15) is 0 Å². The molecule has 1 aliphatic heterocycles. The Morgan fingerprint density at radius 3 is 2.65 bits per heavy atom. The fourth-order valence-electron chi connectivity index (χ4n) is 2.64. The van der Waals surface area contributed by atoms with Crippen molar-refractivity contribution in [3.05, 3.63) is 63.1 Å². The molecule has 0 bridgehead atoms. The number of benzene rings is 2. The van der Waals surface area contributed by atoms with Crippen LogP contribution in [0, 0.1) is 6.92 Å². The van der Waals surface area contributed by atoms with E-state index in [2.05, 4.69) is 11.4 Å². The zero-order chi connectivity index (χ0) is 14.3. The minimum atomic E-state index is -0.0246. The Hall–Kier alpha value is -1.51. The van der Waals surface area contributed by atoms with Gasteiger partial charge in [0.05, 0.1) is 0 Å². The molecule has 2 aromatic carbocycles. The Bertz CT molecular complexity index is 697. The van der Waals surface area contributed by atoms with Crippen LogP contribution in [0.1, 0.15) is 29.0 Å². The zero-order valence-electron chi connectivity index (χ0n) is 10.9. The van der Waals surface area contributed by atoms with Crippen LogP contribution in [-0.2, 0) is 4.79 Å². The van der Waals surface area contributed by atoms with Crippen molar-refractivity contribution in [3.8, 4) is 0 Å². The number of carbonyl (C=O) groups is 1. The summed E-state index contributed by atoms with van der Waals surface area (Å²) in [7, 11) is 0. The van der Waals surface area contributed by atoms with Gasteiger partial charge in [-0.3, -0.25) is 4.79 Å². The van der Waals surface area contributed by atoms with Crippen molar-refractivity contribution < 1.29 is 4.79 Å². The fourth-order valence-corrected chi connectivity index (χ4v) is 3.18. The lowest BCUT2D eigenvalue weighted by molar-refractivity contribution is -0.116. The van der Waals surface area contributed by atoms with Gasteiger partial charge in [-0.05, 0) is 36.2 Å². The van der Waals surface area contributed by atoms with Gasteiger partial charge >= 0.3 is 0 Å². The summed E-state index contributed by atoms with van der Waals surface area (Å²) in [5.74, 6) is -0.0132. The van der Waals surface area contributed by atoms with Gasteiger partial charge < -0.3 is 5.32 Å². The molecule has 1 amide bonds. The number of fused-ring (bicyclic) bond motifs is 1. The maximum absolute atomic E-state index is 11.9. The zero-order valence-corrected chi connectivity index (χ0v) is 12.4. The molecule has 0 unspecified atom stereocenters. The summed E-state index contributed by atoms with van der Waals surface area (Å²) >= 11 is 12.2. The highest BCUT2D eigenvalue weighted by atomic mass is 35.5. The Kier molecular flexibility index (Phi) is 3.45. The molecule has 0 fully saturated rings. The van der Waals surface area contributed by atoms with E-state index in [-0.39, 0.29) is 11.8 Å². The van der Waals surface area contributed by atoms with Gasteiger partial charge in [0.2, 0.25) is 5.91 Å². The van der Waals surface area contributed by atoms with E-state index in [1.54, 1.807) is 6.07 Å². The average molecular weight is 306 g/mol. The SMILES string of the molecule is Cc1ccc2c(c1)[C@H](c1ccc(Cl)cc1Cl)CC(=O)N2. The van der Waals surface area contributed by atoms with Gasteiger partial charge in [-0.1, -0.05) is 47.0 Å². The summed E-state index contributed by atoms with van der Waals surface area (Å²) < 4.78 is 0. The van der Waals surface area contributed by atoms with Crippen LogP contribution in [-0.4, -0.2) is 5.91 Å².